The zero-order valence-electron chi connectivity index (χ0n) is 30.5. The zero-order chi connectivity index (χ0) is 35.3. The van der Waals surface area contributed by atoms with E-state index in [-0.39, 0.29) is 5.41 Å². The Hall–Kier alpha value is -5.40. The average Bonchev–Trinajstić information content (AvgIpc) is 3.22. The molecule has 3 aliphatic carbocycles. The molecule has 5 aromatic rings. The fourth-order valence-electron chi connectivity index (χ4n) is 8.51. The fourth-order valence-corrected chi connectivity index (χ4v) is 8.51. The predicted molar refractivity (Wildman–Crippen MR) is 224 cm³/mol. The second-order valence-corrected chi connectivity index (χ2v) is 14.8. The first kappa shape index (κ1) is 33.7. The Morgan fingerprint density at radius 3 is 1.69 bits per heavy atom. The Bertz CT molecular complexity index is 2160. The highest BCUT2D eigenvalue weighted by atomic mass is 15.1. The van der Waals surface area contributed by atoms with Crippen molar-refractivity contribution in [2.45, 2.75) is 70.1 Å². The van der Waals surface area contributed by atoms with E-state index in [1.807, 2.05) is 0 Å². The van der Waals surface area contributed by atoms with Gasteiger partial charge in [0.2, 0.25) is 0 Å². The number of anilines is 3. The van der Waals surface area contributed by atoms with Crippen molar-refractivity contribution in [3.63, 3.8) is 0 Å². The largest absolute Gasteiger partial charge is 0.310 e. The molecule has 0 saturated heterocycles. The topological polar surface area (TPSA) is 3.24 Å². The van der Waals surface area contributed by atoms with Crippen molar-refractivity contribution in [2.75, 3.05) is 4.90 Å². The van der Waals surface area contributed by atoms with E-state index < -0.39 is 0 Å². The van der Waals surface area contributed by atoms with E-state index in [0.717, 1.165) is 55.6 Å². The third kappa shape index (κ3) is 7.06. The molecule has 0 aliphatic heterocycles. The third-order valence-electron chi connectivity index (χ3n) is 11.5. The van der Waals surface area contributed by atoms with Crippen LogP contribution in [0.15, 0.2) is 170 Å². The minimum Gasteiger partial charge on any atom is -0.310 e. The number of benzene rings is 5. The van der Waals surface area contributed by atoms with E-state index >= 15 is 0 Å². The molecular formula is C51H49N. The molecule has 0 bridgehead atoms. The predicted octanol–water partition coefficient (Wildman–Crippen LogP) is 14.7. The lowest BCUT2D eigenvalue weighted by Crippen LogP contribution is -2.28. The monoisotopic (exact) mass is 675 g/mol. The van der Waals surface area contributed by atoms with Gasteiger partial charge in [0.25, 0.3) is 0 Å². The summed E-state index contributed by atoms with van der Waals surface area (Å²) in [7, 11) is 0. The second-order valence-electron chi connectivity index (χ2n) is 14.8. The van der Waals surface area contributed by atoms with Crippen LogP contribution in [-0.4, -0.2) is 0 Å². The summed E-state index contributed by atoms with van der Waals surface area (Å²) in [5.74, 6) is 0. The van der Waals surface area contributed by atoms with Gasteiger partial charge in [0.1, 0.15) is 0 Å². The van der Waals surface area contributed by atoms with Crippen LogP contribution >= 0.6 is 0 Å². The van der Waals surface area contributed by atoms with Crippen molar-refractivity contribution in [3.8, 4) is 22.3 Å². The molecule has 1 nitrogen and oxygen atoms in total. The summed E-state index contributed by atoms with van der Waals surface area (Å²) in [4.78, 5) is 2.42. The van der Waals surface area contributed by atoms with Gasteiger partial charge in [0.05, 0.1) is 0 Å². The molecule has 52 heavy (non-hydrogen) atoms. The van der Waals surface area contributed by atoms with Crippen molar-refractivity contribution >= 4 is 28.2 Å². The lowest BCUT2D eigenvalue weighted by atomic mass is 9.66. The van der Waals surface area contributed by atoms with Crippen LogP contribution < -0.4 is 4.90 Å². The number of nitrogens with zero attached hydrogens (tertiary/aromatic N) is 1. The van der Waals surface area contributed by atoms with E-state index in [9.17, 15) is 0 Å². The first-order valence-electron chi connectivity index (χ1n) is 19.3. The number of rotatable bonds is 9. The lowest BCUT2D eigenvalue weighted by molar-refractivity contribution is 0.330. The molecule has 0 aromatic heterocycles. The summed E-state index contributed by atoms with van der Waals surface area (Å²) in [6, 6.07) is 45.5. The fraction of sp³-hybridized carbons (Fsp3) is 0.216. The van der Waals surface area contributed by atoms with E-state index in [1.165, 1.54) is 74.9 Å². The van der Waals surface area contributed by atoms with E-state index in [1.54, 1.807) is 0 Å². The van der Waals surface area contributed by atoms with Crippen molar-refractivity contribution in [1.82, 2.24) is 0 Å². The summed E-state index contributed by atoms with van der Waals surface area (Å²) in [5.41, 5.74) is 16.6. The number of hydrogen-bond acceptors (Lipinski definition) is 1. The summed E-state index contributed by atoms with van der Waals surface area (Å²) in [6.45, 7) is 6.72. The Labute approximate surface area is 311 Å². The molecule has 0 radical (unpaired) electrons. The minimum absolute atomic E-state index is 0.230. The highest BCUT2D eigenvalue weighted by molar-refractivity contribution is 5.87. The molecule has 1 fully saturated rings. The first-order chi connectivity index (χ1) is 25.6. The summed E-state index contributed by atoms with van der Waals surface area (Å²) in [6.07, 6.45) is 24.2. The van der Waals surface area contributed by atoms with Gasteiger partial charge in [-0.2, -0.15) is 0 Å². The molecular weight excluding hydrogens is 627 g/mol. The van der Waals surface area contributed by atoms with Crippen LogP contribution in [0.25, 0.3) is 33.4 Å². The highest BCUT2D eigenvalue weighted by Crippen LogP contribution is 2.45. The minimum atomic E-state index is 0.230. The molecule has 0 spiro atoms. The molecule has 1 atom stereocenters. The Balaban J connectivity index is 1.19. The van der Waals surface area contributed by atoms with Gasteiger partial charge >= 0.3 is 0 Å². The van der Waals surface area contributed by atoms with Crippen molar-refractivity contribution in [3.05, 3.63) is 187 Å². The van der Waals surface area contributed by atoms with Gasteiger partial charge in [0, 0.05) is 17.1 Å². The molecule has 5 aromatic carbocycles. The molecule has 0 amide bonds. The molecule has 3 aliphatic rings. The maximum atomic E-state index is 4.37. The molecule has 1 heteroatoms. The van der Waals surface area contributed by atoms with Crippen LogP contribution in [0.4, 0.5) is 17.1 Å². The molecule has 1 unspecified atom stereocenters. The maximum Gasteiger partial charge on any atom is 0.0473 e. The van der Waals surface area contributed by atoms with Gasteiger partial charge in [-0.1, -0.05) is 134 Å². The van der Waals surface area contributed by atoms with Gasteiger partial charge in [-0.3, -0.25) is 0 Å². The highest BCUT2D eigenvalue weighted by Gasteiger charge is 2.33. The van der Waals surface area contributed by atoms with Crippen LogP contribution in [0.3, 0.4) is 0 Å². The van der Waals surface area contributed by atoms with Gasteiger partial charge in [-0.05, 0) is 156 Å². The zero-order valence-corrected chi connectivity index (χ0v) is 30.5. The summed E-state index contributed by atoms with van der Waals surface area (Å²) < 4.78 is 0. The number of hydrogen-bond donors (Lipinski definition) is 0. The van der Waals surface area contributed by atoms with Crippen LogP contribution in [0.5, 0.6) is 0 Å². The van der Waals surface area contributed by atoms with Gasteiger partial charge in [0.15, 0.2) is 0 Å². The summed E-state index contributed by atoms with van der Waals surface area (Å²) in [5, 5.41) is 0. The van der Waals surface area contributed by atoms with E-state index in [2.05, 4.69) is 176 Å². The molecule has 8 rings (SSSR count). The Morgan fingerprint density at radius 1 is 0.558 bits per heavy atom. The third-order valence-corrected chi connectivity index (χ3v) is 11.5. The Kier molecular flexibility index (Phi) is 9.77. The van der Waals surface area contributed by atoms with E-state index in [4.69, 9.17) is 0 Å². The van der Waals surface area contributed by atoms with Gasteiger partial charge < -0.3 is 4.90 Å². The quantitative estimate of drug-likeness (QED) is 0.141. The van der Waals surface area contributed by atoms with Gasteiger partial charge in [-0.25, -0.2) is 0 Å². The first-order valence-corrected chi connectivity index (χ1v) is 19.3. The maximum absolute atomic E-state index is 4.37. The smallest absolute Gasteiger partial charge is 0.0473 e. The average molecular weight is 676 g/mol. The van der Waals surface area contributed by atoms with Crippen molar-refractivity contribution in [2.24, 2.45) is 0 Å². The normalized spacial score (nSPS) is 18.5. The standard InChI is InChI=1S/C51H49N/c1-3-51(33-13-14-38(2)37-51)47-27-21-42(22-28-47)44-25-31-49(32-26-44)52(48-29-23-43(24-30-48)39-15-7-4-8-16-39)50-35-45(40-17-9-5-10-18-40)34-46(36-50)41-19-11-6-12-20-41/h5,7,9-11,15-32,34-36H,2-4,6,8,12-14,33,37H2,1H3. The van der Waals surface area contributed by atoms with Crippen LogP contribution in [0.2, 0.25) is 0 Å². The summed E-state index contributed by atoms with van der Waals surface area (Å²) >= 11 is 0. The van der Waals surface area contributed by atoms with E-state index in [0.29, 0.717) is 0 Å². The van der Waals surface area contributed by atoms with Crippen LogP contribution in [0, 0.1) is 0 Å². The SMILES string of the molecule is C=C1CCCC(CC)(c2ccc(-c3ccc(N(c4ccc(C5=CCCC=C5)cc4)c4cc(C5=CCCC=C5)cc(-c5ccccc5)c4)cc3)cc2)C1. The Morgan fingerprint density at radius 2 is 1.12 bits per heavy atom. The molecule has 1 saturated carbocycles. The van der Waals surface area contributed by atoms with Crippen molar-refractivity contribution in [1.29, 1.82) is 0 Å². The van der Waals surface area contributed by atoms with Gasteiger partial charge in [-0.15, -0.1) is 0 Å². The molecule has 0 N–H and O–H groups in total. The molecule has 0 heterocycles. The molecule has 258 valence electrons. The number of allylic oxidation sites excluding steroid dienone is 9. The lowest BCUT2D eigenvalue weighted by Gasteiger charge is -2.38. The van der Waals surface area contributed by atoms with Crippen LogP contribution in [0.1, 0.15) is 81.4 Å². The van der Waals surface area contributed by atoms with Crippen LogP contribution in [-0.2, 0) is 5.41 Å². The van der Waals surface area contributed by atoms with Crippen molar-refractivity contribution < 1.29 is 0 Å². The second kappa shape index (κ2) is 15.1.